The van der Waals surface area contributed by atoms with E-state index in [1.165, 1.54) is 19.1 Å². The Morgan fingerprint density at radius 1 is 1.17 bits per heavy atom. The standard InChI is InChI=1S/C15H14F3IN2O2/c1-8(2)20-13(22)12(19)9(3)21(14(20)23)11-6-4-5-10(7-11)15(16,17)18/h4-8H,1-3H3. The van der Waals surface area contributed by atoms with Gasteiger partial charge in [-0.2, -0.15) is 13.2 Å². The zero-order valence-electron chi connectivity index (χ0n) is 12.6. The second-order valence-corrected chi connectivity index (χ2v) is 6.41. The van der Waals surface area contributed by atoms with E-state index in [1.807, 2.05) is 0 Å². The molecule has 0 spiro atoms. The van der Waals surface area contributed by atoms with Crippen LogP contribution in [0.15, 0.2) is 33.9 Å². The first-order valence-electron chi connectivity index (χ1n) is 6.77. The minimum Gasteiger partial charge on any atom is -0.268 e. The van der Waals surface area contributed by atoms with Crippen molar-refractivity contribution in [3.8, 4) is 5.69 Å². The van der Waals surface area contributed by atoms with Crippen molar-refractivity contribution in [1.82, 2.24) is 9.13 Å². The predicted octanol–water partition coefficient (Wildman–Crippen LogP) is 3.51. The van der Waals surface area contributed by atoms with Gasteiger partial charge in [0.2, 0.25) is 0 Å². The van der Waals surface area contributed by atoms with Gasteiger partial charge in [0.25, 0.3) is 5.56 Å². The Balaban J connectivity index is 2.85. The summed E-state index contributed by atoms with van der Waals surface area (Å²) in [5.74, 6) is 0. The molecule has 0 bridgehead atoms. The Hall–Kier alpha value is -1.58. The van der Waals surface area contributed by atoms with E-state index in [4.69, 9.17) is 0 Å². The van der Waals surface area contributed by atoms with E-state index >= 15 is 0 Å². The molecule has 0 aliphatic heterocycles. The zero-order valence-corrected chi connectivity index (χ0v) is 14.8. The average Bonchev–Trinajstić information content (AvgIpc) is 2.44. The van der Waals surface area contributed by atoms with Crippen LogP contribution in [0.5, 0.6) is 0 Å². The lowest BCUT2D eigenvalue weighted by Gasteiger charge is -2.18. The molecule has 1 aromatic heterocycles. The normalized spacial score (nSPS) is 12.0. The first kappa shape index (κ1) is 17.8. The van der Waals surface area contributed by atoms with Crippen LogP contribution in [0, 0.1) is 10.5 Å². The molecular formula is C15H14F3IN2O2. The highest BCUT2D eigenvalue weighted by atomic mass is 127. The third-order valence-electron chi connectivity index (χ3n) is 3.41. The van der Waals surface area contributed by atoms with Crippen LogP contribution in [0.3, 0.4) is 0 Å². The molecule has 1 heterocycles. The lowest BCUT2D eigenvalue weighted by Crippen LogP contribution is -2.43. The van der Waals surface area contributed by atoms with Gasteiger partial charge in [-0.25, -0.2) is 4.79 Å². The number of aromatic nitrogens is 2. The molecule has 1 aromatic carbocycles. The fourth-order valence-electron chi connectivity index (χ4n) is 2.28. The molecule has 0 saturated heterocycles. The van der Waals surface area contributed by atoms with Crippen LogP contribution < -0.4 is 11.2 Å². The quantitative estimate of drug-likeness (QED) is 0.674. The van der Waals surface area contributed by atoms with Crippen molar-refractivity contribution in [3.63, 3.8) is 0 Å². The molecule has 0 amide bonds. The smallest absolute Gasteiger partial charge is 0.268 e. The van der Waals surface area contributed by atoms with Crippen LogP contribution >= 0.6 is 22.6 Å². The Morgan fingerprint density at radius 2 is 1.78 bits per heavy atom. The van der Waals surface area contributed by atoms with Crippen LogP contribution in [0.4, 0.5) is 13.2 Å². The Morgan fingerprint density at radius 3 is 2.30 bits per heavy atom. The topological polar surface area (TPSA) is 44.0 Å². The van der Waals surface area contributed by atoms with Gasteiger partial charge in [-0.05, 0) is 61.6 Å². The highest BCUT2D eigenvalue weighted by Gasteiger charge is 2.31. The summed E-state index contributed by atoms with van der Waals surface area (Å²) < 4.78 is 41.1. The zero-order chi connectivity index (χ0) is 17.5. The Bertz CT molecular complexity index is 866. The fourth-order valence-corrected chi connectivity index (χ4v) is 2.78. The second-order valence-electron chi connectivity index (χ2n) is 5.33. The van der Waals surface area contributed by atoms with Gasteiger partial charge in [-0.15, -0.1) is 0 Å². The number of rotatable bonds is 2. The average molecular weight is 438 g/mol. The van der Waals surface area contributed by atoms with Crippen molar-refractivity contribution in [2.45, 2.75) is 33.0 Å². The maximum atomic E-state index is 12.9. The molecule has 0 aliphatic carbocycles. The van der Waals surface area contributed by atoms with Crippen molar-refractivity contribution in [2.24, 2.45) is 0 Å². The van der Waals surface area contributed by atoms with Gasteiger partial charge in [-0.3, -0.25) is 13.9 Å². The van der Waals surface area contributed by atoms with Gasteiger partial charge >= 0.3 is 11.9 Å². The van der Waals surface area contributed by atoms with Gasteiger partial charge in [0, 0.05) is 11.7 Å². The molecule has 0 saturated carbocycles. The number of benzene rings is 1. The molecule has 0 unspecified atom stereocenters. The van der Waals surface area contributed by atoms with Gasteiger partial charge < -0.3 is 0 Å². The van der Waals surface area contributed by atoms with Crippen molar-refractivity contribution >= 4 is 22.6 Å². The van der Waals surface area contributed by atoms with E-state index < -0.39 is 29.0 Å². The lowest BCUT2D eigenvalue weighted by molar-refractivity contribution is -0.137. The molecule has 8 heteroatoms. The Kier molecular flexibility index (Phi) is 4.74. The summed E-state index contributed by atoms with van der Waals surface area (Å²) in [6.07, 6.45) is -4.51. The van der Waals surface area contributed by atoms with Crippen LogP contribution in [0.1, 0.15) is 31.1 Å². The number of nitrogens with zero attached hydrogens (tertiary/aromatic N) is 2. The maximum absolute atomic E-state index is 12.9. The SMILES string of the molecule is Cc1c(I)c(=O)n(C(C)C)c(=O)n1-c1cccc(C(F)(F)F)c1. The monoisotopic (exact) mass is 438 g/mol. The first-order chi connectivity index (χ1) is 10.6. The first-order valence-corrected chi connectivity index (χ1v) is 7.85. The van der Waals surface area contributed by atoms with Crippen molar-refractivity contribution in [3.05, 3.63) is 59.9 Å². The predicted molar refractivity (Wildman–Crippen MR) is 89.1 cm³/mol. The molecule has 0 N–H and O–H groups in total. The molecule has 2 aromatic rings. The molecule has 0 radical (unpaired) electrons. The van der Waals surface area contributed by atoms with E-state index in [0.717, 1.165) is 21.3 Å². The maximum Gasteiger partial charge on any atom is 0.416 e. The summed E-state index contributed by atoms with van der Waals surface area (Å²) in [6, 6.07) is 4.09. The number of halogens is 4. The van der Waals surface area contributed by atoms with E-state index in [-0.39, 0.29) is 5.69 Å². The van der Waals surface area contributed by atoms with Gasteiger partial charge in [-0.1, -0.05) is 6.07 Å². The largest absolute Gasteiger partial charge is 0.416 e. The Labute approximate surface area is 143 Å². The summed E-state index contributed by atoms with van der Waals surface area (Å²) in [7, 11) is 0. The summed E-state index contributed by atoms with van der Waals surface area (Å²) in [5.41, 5.74) is -1.54. The summed E-state index contributed by atoms with van der Waals surface area (Å²) in [6.45, 7) is 4.88. The van der Waals surface area contributed by atoms with E-state index in [0.29, 0.717) is 9.26 Å². The van der Waals surface area contributed by atoms with Crippen LogP contribution in [-0.4, -0.2) is 9.13 Å². The van der Waals surface area contributed by atoms with Crippen molar-refractivity contribution in [2.75, 3.05) is 0 Å². The van der Waals surface area contributed by atoms with Crippen molar-refractivity contribution < 1.29 is 13.2 Å². The van der Waals surface area contributed by atoms with Crippen LogP contribution in [-0.2, 0) is 6.18 Å². The van der Waals surface area contributed by atoms with E-state index in [2.05, 4.69) is 0 Å². The molecular weight excluding hydrogens is 424 g/mol. The fraction of sp³-hybridized carbons (Fsp3) is 0.333. The molecule has 2 rings (SSSR count). The van der Waals surface area contributed by atoms with Gasteiger partial charge in [0.1, 0.15) is 0 Å². The molecule has 0 aliphatic rings. The highest BCUT2D eigenvalue weighted by molar-refractivity contribution is 14.1. The van der Waals surface area contributed by atoms with E-state index in [9.17, 15) is 22.8 Å². The molecule has 4 nitrogen and oxygen atoms in total. The number of hydrogen-bond donors (Lipinski definition) is 0. The highest BCUT2D eigenvalue weighted by Crippen LogP contribution is 2.30. The van der Waals surface area contributed by atoms with E-state index in [1.54, 1.807) is 36.4 Å². The summed E-state index contributed by atoms with van der Waals surface area (Å²) in [4.78, 5) is 24.8. The molecule has 0 atom stereocenters. The van der Waals surface area contributed by atoms with Gasteiger partial charge in [0.05, 0.1) is 14.8 Å². The van der Waals surface area contributed by atoms with Gasteiger partial charge in [0.15, 0.2) is 0 Å². The lowest BCUT2D eigenvalue weighted by atomic mass is 10.2. The molecule has 0 fully saturated rings. The van der Waals surface area contributed by atoms with Crippen LogP contribution in [0.25, 0.3) is 5.69 Å². The second kappa shape index (κ2) is 6.14. The summed E-state index contributed by atoms with van der Waals surface area (Å²) in [5, 5.41) is 0. The van der Waals surface area contributed by atoms with Crippen molar-refractivity contribution in [1.29, 1.82) is 0 Å². The minimum absolute atomic E-state index is 0.0784. The molecule has 23 heavy (non-hydrogen) atoms. The third-order valence-corrected chi connectivity index (χ3v) is 4.65. The minimum atomic E-state index is -4.51. The summed E-state index contributed by atoms with van der Waals surface area (Å²) >= 11 is 1.81. The third kappa shape index (κ3) is 3.22. The number of alkyl halides is 3. The molecule has 124 valence electrons. The van der Waals surface area contributed by atoms with Crippen LogP contribution in [0.2, 0.25) is 0 Å². The number of hydrogen-bond acceptors (Lipinski definition) is 2.